The normalized spacial score (nSPS) is 31.8. The minimum absolute atomic E-state index is 0.0220. The number of hydrogen-bond donors (Lipinski definition) is 5. The Bertz CT molecular complexity index is 938. The molecule has 150 valence electrons. The number of aliphatic hydroxyl groups is 3. The Morgan fingerprint density at radius 2 is 1.54 bits per heavy atom. The third-order valence-corrected chi connectivity index (χ3v) is 6.60. The van der Waals surface area contributed by atoms with E-state index in [9.17, 15) is 35.1 Å². The van der Waals surface area contributed by atoms with Gasteiger partial charge in [0.25, 0.3) is 0 Å². The van der Waals surface area contributed by atoms with Gasteiger partial charge in [0.2, 0.25) is 0 Å². The number of carbonyl (C=O) groups is 2. The number of fused-ring (bicyclic) bond motifs is 3. The number of phenols is 2. The minimum Gasteiger partial charge on any atom is -0.506 e. The summed E-state index contributed by atoms with van der Waals surface area (Å²) in [4.78, 5) is 25.2. The summed E-state index contributed by atoms with van der Waals surface area (Å²) in [7, 11) is 0. The average molecular weight is 410 g/mol. The zero-order valence-corrected chi connectivity index (χ0v) is 15.7. The van der Waals surface area contributed by atoms with Crippen LogP contribution >= 0.6 is 11.8 Å². The quantitative estimate of drug-likeness (QED) is 0.403. The minimum atomic E-state index is -1.45. The molecule has 0 bridgehead atoms. The molecular weight excluding hydrogens is 392 g/mol. The first-order chi connectivity index (χ1) is 13.2. The van der Waals surface area contributed by atoms with Gasteiger partial charge in [-0.2, -0.15) is 0 Å². The Morgan fingerprint density at radius 3 is 2.11 bits per heavy atom. The molecular formula is C18H18O9S. The fourth-order valence-electron chi connectivity index (χ4n) is 3.58. The SMILES string of the molecule is CC1=C(C)C(=O)c2c(O)c3c(c(O)c2C1=O)O[C@H]1[C@H](O)[C@@H](O)[C@H](CO)O[C@@H]1S3. The molecule has 1 aliphatic carbocycles. The fraction of sp³-hybridized carbons (Fsp3) is 0.444. The van der Waals surface area contributed by atoms with E-state index in [1.165, 1.54) is 13.8 Å². The predicted molar refractivity (Wildman–Crippen MR) is 94.8 cm³/mol. The van der Waals surface area contributed by atoms with E-state index >= 15 is 0 Å². The van der Waals surface area contributed by atoms with Crippen LogP contribution < -0.4 is 4.74 Å². The average Bonchev–Trinajstić information content (AvgIpc) is 2.69. The summed E-state index contributed by atoms with van der Waals surface area (Å²) in [5, 5.41) is 51.0. The number of ether oxygens (including phenoxy) is 2. The van der Waals surface area contributed by atoms with Crippen LogP contribution in [0, 0.1) is 0 Å². The van der Waals surface area contributed by atoms with Crippen molar-refractivity contribution in [3.63, 3.8) is 0 Å². The Balaban J connectivity index is 1.87. The number of aromatic hydroxyl groups is 2. The van der Waals surface area contributed by atoms with E-state index in [1.807, 2.05) is 0 Å². The van der Waals surface area contributed by atoms with Crippen LogP contribution in [0.4, 0.5) is 0 Å². The maximum atomic E-state index is 12.6. The van der Waals surface area contributed by atoms with Gasteiger partial charge < -0.3 is 35.0 Å². The second kappa shape index (κ2) is 6.46. The van der Waals surface area contributed by atoms with Crippen LogP contribution in [0.5, 0.6) is 17.2 Å². The van der Waals surface area contributed by atoms with Crippen LogP contribution in [0.1, 0.15) is 34.6 Å². The van der Waals surface area contributed by atoms with Crippen molar-refractivity contribution < 1.29 is 44.6 Å². The molecule has 2 heterocycles. The lowest BCUT2D eigenvalue weighted by atomic mass is 9.84. The van der Waals surface area contributed by atoms with Gasteiger partial charge in [0.05, 0.1) is 22.6 Å². The molecule has 1 aromatic carbocycles. The highest BCUT2D eigenvalue weighted by molar-refractivity contribution is 8.00. The summed E-state index contributed by atoms with van der Waals surface area (Å²) >= 11 is 0.866. The van der Waals surface area contributed by atoms with Crippen molar-refractivity contribution in [2.45, 2.75) is 48.6 Å². The van der Waals surface area contributed by atoms with Crippen molar-refractivity contribution >= 4 is 23.3 Å². The maximum absolute atomic E-state index is 12.6. The number of ketones is 2. The first kappa shape index (κ1) is 19.2. The van der Waals surface area contributed by atoms with Gasteiger partial charge >= 0.3 is 0 Å². The predicted octanol–water partition coefficient (Wildman–Crippen LogP) is 0.105. The van der Waals surface area contributed by atoms with Crippen molar-refractivity contribution in [2.75, 3.05) is 6.61 Å². The van der Waals surface area contributed by atoms with Crippen molar-refractivity contribution in [3.05, 3.63) is 22.3 Å². The van der Waals surface area contributed by atoms with E-state index in [0.29, 0.717) is 0 Å². The van der Waals surface area contributed by atoms with Gasteiger partial charge in [0, 0.05) is 11.1 Å². The monoisotopic (exact) mass is 410 g/mol. The molecule has 0 radical (unpaired) electrons. The molecule has 0 aromatic heterocycles. The molecule has 28 heavy (non-hydrogen) atoms. The molecule has 1 aromatic rings. The molecule has 5 N–H and O–H groups in total. The third-order valence-electron chi connectivity index (χ3n) is 5.37. The molecule has 3 aliphatic rings. The van der Waals surface area contributed by atoms with Gasteiger partial charge in [0.15, 0.2) is 29.2 Å². The highest BCUT2D eigenvalue weighted by atomic mass is 32.2. The largest absolute Gasteiger partial charge is 0.506 e. The first-order valence-electron chi connectivity index (χ1n) is 8.53. The van der Waals surface area contributed by atoms with Gasteiger partial charge in [-0.1, -0.05) is 11.8 Å². The highest BCUT2D eigenvalue weighted by Crippen LogP contribution is 2.56. The van der Waals surface area contributed by atoms with E-state index in [0.717, 1.165) is 11.8 Å². The topological polar surface area (TPSA) is 154 Å². The molecule has 9 nitrogen and oxygen atoms in total. The van der Waals surface area contributed by atoms with Crippen molar-refractivity contribution in [1.29, 1.82) is 0 Å². The number of aliphatic hydroxyl groups excluding tert-OH is 3. The Hall–Kier alpha value is -2.11. The van der Waals surface area contributed by atoms with Crippen LogP contribution in [0.2, 0.25) is 0 Å². The fourth-order valence-corrected chi connectivity index (χ4v) is 4.83. The summed E-state index contributed by atoms with van der Waals surface area (Å²) in [5.74, 6) is -2.61. The van der Waals surface area contributed by atoms with E-state index in [4.69, 9.17) is 9.47 Å². The zero-order valence-electron chi connectivity index (χ0n) is 14.9. The molecule has 1 fully saturated rings. The van der Waals surface area contributed by atoms with Crippen molar-refractivity contribution in [2.24, 2.45) is 0 Å². The van der Waals surface area contributed by atoms with E-state index in [1.54, 1.807) is 0 Å². The van der Waals surface area contributed by atoms with Crippen molar-refractivity contribution in [1.82, 2.24) is 0 Å². The second-order valence-electron chi connectivity index (χ2n) is 6.92. The van der Waals surface area contributed by atoms with E-state index < -0.39 is 59.5 Å². The first-order valence-corrected chi connectivity index (χ1v) is 9.41. The van der Waals surface area contributed by atoms with Gasteiger partial charge in [-0.15, -0.1) is 0 Å². The van der Waals surface area contributed by atoms with Gasteiger partial charge in [0.1, 0.15) is 29.5 Å². The maximum Gasteiger partial charge on any atom is 0.193 e. The smallest absolute Gasteiger partial charge is 0.193 e. The molecule has 10 heteroatoms. The van der Waals surface area contributed by atoms with Gasteiger partial charge in [-0.05, 0) is 13.8 Å². The van der Waals surface area contributed by atoms with Crippen LogP contribution in [0.3, 0.4) is 0 Å². The molecule has 0 amide bonds. The molecule has 0 unspecified atom stereocenters. The Morgan fingerprint density at radius 1 is 0.964 bits per heavy atom. The summed E-state index contributed by atoms with van der Waals surface area (Å²) < 4.78 is 11.1. The number of rotatable bonds is 1. The van der Waals surface area contributed by atoms with Crippen LogP contribution in [0.25, 0.3) is 0 Å². The van der Waals surface area contributed by atoms with E-state index in [-0.39, 0.29) is 32.9 Å². The molecule has 2 aliphatic heterocycles. The lowest BCUT2D eigenvalue weighted by Crippen LogP contribution is -2.60. The lowest BCUT2D eigenvalue weighted by Gasteiger charge is -2.44. The lowest BCUT2D eigenvalue weighted by molar-refractivity contribution is -0.201. The summed E-state index contributed by atoms with van der Waals surface area (Å²) in [6.07, 6.45) is -5.09. The van der Waals surface area contributed by atoms with Gasteiger partial charge in [-0.25, -0.2) is 0 Å². The van der Waals surface area contributed by atoms with E-state index in [2.05, 4.69) is 0 Å². The number of phenolic OH excluding ortho intramolecular Hbond substituents is 2. The molecule has 4 rings (SSSR count). The zero-order chi connectivity index (χ0) is 20.5. The number of Topliss-reactive ketones (excluding diaryl/α,β-unsaturated/α-hetero) is 2. The standard InChI is InChI=1S/C18H18O9S/c1-4-5(2)10(21)8-7(9(4)20)12(23)15-17(13(8)24)28-18-16(27-15)14(25)11(22)6(3-19)26-18/h6,11,14,16,18-19,22-25H,3H2,1-2H3/t6-,11-,14+,16-,18+/m0/s1. The van der Waals surface area contributed by atoms with Crippen LogP contribution in [-0.4, -0.2) is 73.6 Å². The number of allylic oxidation sites excluding steroid dienone is 2. The summed E-state index contributed by atoms with van der Waals surface area (Å²) in [6.45, 7) is 2.36. The molecule has 1 saturated heterocycles. The Kier molecular flexibility index (Phi) is 4.43. The number of hydrogen-bond acceptors (Lipinski definition) is 10. The number of thioether (sulfide) groups is 1. The molecule has 5 atom stereocenters. The second-order valence-corrected chi connectivity index (χ2v) is 8.03. The Labute approximate surface area is 163 Å². The summed E-state index contributed by atoms with van der Waals surface area (Å²) in [5.41, 5.74) is -1.29. The van der Waals surface area contributed by atoms with Crippen LogP contribution in [0.15, 0.2) is 16.0 Å². The highest BCUT2D eigenvalue weighted by Gasteiger charge is 2.51. The van der Waals surface area contributed by atoms with Crippen molar-refractivity contribution in [3.8, 4) is 17.2 Å². The number of benzene rings is 1. The van der Waals surface area contributed by atoms with Gasteiger partial charge in [-0.3, -0.25) is 9.59 Å². The number of carbonyl (C=O) groups excluding carboxylic acids is 2. The van der Waals surface area contributed by atoms with Crippen LogP contribution in [-0.2, 0) is 4.74 Å². The summed E-state index contributed by atoms with van der Waals surface area (Å²) in [6, 6.07) is 0. The molecule has 0 spiro atoms. The molecule has 0 saturated carbocycles. The third kappa shape index (κ3) is 2.42.